The van der Waals surface area contributed by atoms with E-state index in [0.29, 0.717) is 15.5 Å². The Bertz CT molecular complexity index is 579. The average molecular weight is 500 g/mol. The number of aliphatic imine (C=N–C) groups is 1. The summed E-state index contributed by atoms with van der Waals surface area (Å²) in [5.41, 5.74) is 1.45. The highest BCUT2D eigenvalue weighted by Gasteiger charge is 2.41. The molecule has 0 amide bonds. The van der Waals surface area contributed by atoms with Gasteiger partial charge in [-0.1, -0.05) is 29.3 Å². The maximum atomic E-state index is 6.10. The second-order valence-electron chi connectivity index (χ2n) is 6.41. The predicted molar refractivity (Wildman–Crippen MR) is 118 cm³/mol. The SMILES string of the molecule is CCOCCC1(CNC(=NC)NC(C)c2ccc(Cl)c(Cl)c2)CC1.I. The molecule has 1 saturated carbocycles. The Morgan fingerprint density at radius 2 is 2.04 bits per heavy atom. The van der Waals surface area contributed by atoms with Gasteiger partial charge >= 0.3 is 0 Å². The summed E-state index contributed by atoms with van der Waals surface area (Å²) >= 11 is 12.1. The molecule has 1 aliphatic rings. The van der Waals surface area contributed by atoms with Gasteiger partial charge in [-0.05, 0) is 56.2 Å². The predicted octanol–water partition coefficient (Wildman–Crippen LogP) is 5.04. The average Bonchev–Trinajstić information content (AvgIpc) is 3.34. The first kappa shape index (κ1) is 22.8. The van der Waals surface area contributed by atoms with Crippen molar-refractivity contribution in [1.82, 2.24) is 10.6 Å². The Hall–Kier alpha value is -0.240. The number of hydrogen-bond acceptors (Lipinski definition) is 2. The van der Waals surface area contributed by atoms with Gasteiger partial charge in [0.25, 0.3) is 0 Å². The van der Waals surface area contributed by atoms with E-state index >= 15 is 0 Å². The van der Waals surface area contributed by atoms with Gasteiger partial charge in [-0.15, -0.1) is 24.0 Å². The third kappa shape index (κ3) is 7.12. The lowest BCUT2D eigenvalue weighted by molar-refractivity contribution is 0.128. The third-order valence-electron chi connectivity index (χ3n) is 4.59. The van der Waals surface area contributed by atoms with Crippen molar-refractivity contribution in [3.63, 3.8) is 0 Å². The highest BCUT2D eigenvalue weighted by Crippen LogP contribution is 2.48. The van der Waals surface area contributed by atoms with Crippen molar-refractivity contribution >= 4 is 53.1 Å². The first-order valence-corrected chi connectivity index (χ1v) is 9.25. The van der Waals surface area contributed by atoms with Gasteiger partial charge in [-0.3, -0.25) is 4.99 Å². The Labute approximate surface area is 178 Å². The molecule has 0 heterocycles. The molecule has 1 atom stereocenters. The van der Waals surface area contributed by atoms with Crippen LogP contribution in [-0.4, -0.2) is 32.8 Å². The smallest absolute Gasteiger partial charge is 0.191 e. The van der Waals surface area contributed by atoms with Gasteiger partial charge in [-0.2, -0.15) is 0 Å². The topological polar surface area (TPSA) is 45.6 Å². The number of nitrogens with one attached hydrogen (secondary N) is 2. The van der Waals surface area contributed by atoms with Gasteiger partial charge in [0.15, 0.2) is 5.96 Å². The Balaban J connectivity index is 0.00000312. The number of hydrogen-bond donors (Lipinski definition) is 2. The molecule has 142 valence electrons. The largest absolute Gasteiger partial charge is 0.382 e. The minimum absolute atomic E-state index is 0. The molecule has 0 aromatic heterocycles. The molecule has 0 bridgehead atoms. The van der Waals surface area contributed by atoms with Crippen molar-refractivity contribution < 1.29 is 4.74 Å². The number of guanidine groups is 1. The zero-order valence-corrected chi connectivity index (χ0v) is 18.9. The van der Waals surface area contributed by atoms with Gasteiger partial charge in [0.05, 0.1) is 16.1 Å². The molecule has 1 fully saturated rings. The van der Waals surface area contributed by atoms with E-state index in [1.54, 1.807) is 7.05 Å². The van der Waals surface area contributed by atoms with Crippen LogP contribution in [0.3, 0.4) is 0 Å². The maximum absolute atomic E-state index is 6.10. The van der Waals surface area contributed by atoms with Crippen molar-refractivity contribution in [3.8, 4) is 0 Å². The fourth-order valence-corrected chi connectivity index (χ4v) is 2.97. The Kier molecular flexibility index (Phi) is 9.85. The summed E-state index contributed by atoms with van der Waals surface area (Å²) in [6.07, 6.45) is 3.62. The first-order chi connectivity index (χ1) is 11.5. The Morgan fingerprint density at radius 3 is 2.60 bits per heavy atom. The van der Waals surface area contributed by atoms with Crippen LogP contribution in [0.15, 0.2) is 23.2 Å². The molecule has 2 N–H and O–H groups in total. The van der Waals surface area contributed by atoms with Crippen LogP contribution < -0.4 is 10.6 Å². The second kappa shape index (κ2) is 10.8. The van der Waals surface area contributed by atoms with E-state index in [-0.39, 0.29) is 30.0 Å². The number of ether oxygens (including phenoxy) is 1. The fourth-order valence-electron chi connectivity index (χ4n) is 2.66. The van der Waals surface area contributed by atoms with Crippen LogP contribution in [0.25, 0.3) is 0 Å². The van der Waals surface area contributed by atoms with Gasteiger partial charge in [0, 0.05) is 26.8 Å². The van der Waals surface area contributed by atoms with Crippen LogP contribution in [0.4, 0.5) is 0 Å². The summed E-state index contributed by atoms with van der Waals surface area (Å²) in [5.74, 6) is 0.802. The van der Waals surface area contributed by atoms with Crippen LogP contribution in [0.1, 0.15) is 44.7 Å². The van der Waals surface area contributed by atoms with Gasteiger partial charge in [0.1, 0.15) is 0 Å². The van der Waals surface area contributed by atoms with Gasteiger partial charge in [0.2, 0.25) is 0 Å². The standard InChI is InChI=1S/C18H27Cl2N3O.HI/c1-4-24-10-9-18(7-8-18)12-22-17(21-3)23-13(2)14-5-6-15(19)16(20)11-14;/h5-6,11,13H,4,7-10,12H2,1-3H3,(H2,21,22,23);1H. The molecule has 1 aromatic rings. The van der Waals surface area contributed by atoms with E-state index in [0.717, 1.165) is 37.7 Å². The molecule has 0 spiro atoms. The van der Waals surface area contributed by atoms with Crippen molar-refractivity contribution in [2.24, 2.45) is 10.4 Å². The van der Waals surface area contributed by atoms with Gasteiger partial charge < -0.3 is 15.4 Å². The monoisotopic (exact) mass is 499 g/mol. The van der Waals surface area contributed by atoms with Crippen LogP contribution in [0, 0.1) is 5.41 Å². The molecule has 0 radical (unpaired) electrons. The molecule has 0 aliphatic heterocycles. The van der Waals surface area contributed by atoms with Crippen LogP contribution in [0.2, 0.25) is 10.0 Å². The van der Waals surface area contributed by atoms with Crippen molar-refractivity contribution in [3.05, 3.63) is 33.8 Å². The summed E-state index contributed by atoms with van der Waals surface area (Å²) in [5, 5.41) is 7.99. The van der Waals surface area contributed by atoms with Crippen molar-refractivity contribution in [1.29, 1.82) is 0 Å². The lowest BCUT2D eigenvalue weighted by Crippen LogP contribution is -2.41. The lowest BCUT2D eigenvalue weighted by Gasteiger charge is -2.21. The molecular formula is C18H28Cl2IN3O. The minimum Gasteiger partial charge on any atom is -0.382 e. The molecule has 4 nitrogen and oxygen atoms in total. The van der Waals surface area contributed by atoms with E-state index < -0.39 is 0 Å². The Morgan fingerprint density at radius 1 is 1.32 bits per heavy atom. The van der Waals surface area contributed by atoms with E-state index in [4.69, 9.17) is 27.9 Å². The molecule has 1 aliphatic carbocycles. The summed E-state index contributed by atoms with van der Waals surface area (Å²) in [6.45, 7) is 6.66. The van der Waals surface area contributed by atoms with Gasteiger partial charge in [-0.25, -0.2) is 0 Å². The number of halogens is 3. The van der Waals surface area contributed by atoms with E-state index in [2.05, 4.69) is 22.5 Å². The summed E-state index contributed by atoms with van der Waals surface area (Å²) in [4.78, 5) is 4.32. The quantitative estimate of drug-likeness (QED) is 0.228. The highest BCUT2D eigenvalue weighted by molar-refractivity contribution is 14.0. The molecule has 1 unspecified atom stereocenters. The van der Waals surface area contributed by atoms with E-state index in [1.807, 2.05) is 25.1 Å². The minimum atomic E-state index is 0. The first-order valence-electron chi connectivity index (χ1n) is 8.49. The van der Waals surface area contributed by atoms with Crippen LogP contribution in [0.5, 0.6) is 0 Å². The lowest BCUT2D eigenvalue weighted by atomic mass is 10.0. The summed E-state index contributed by atoms with van der Waals surface area (Å²) in [6, 6.07) is 5.77. The number of rotatable bonds is 8. The van der Waals surface area contributed by atoms with E-state index in [1.165, 1.54) is 12.8 Å². The third-order valence-corrected chi connectivity index (χ3v) is 5.33. The summed E-state index contributed by atoms with van der Waals surface area (Å²) < 4.78 is 5.49. The van der Waals surface area contributed by atoms with Crippen LogP contribution >= 0.6 is 47.2 Å². The maximum Gasteiger partial charge on any atom is 0.191 e. The normalized spacial score (nSPS) is 16.8. The molecule has 1 aromatic carbocycles. The van der Waals surface area contributed by atoms with Crippen LogP contribution in [-0.2, 0) is 4.74 Å². The molecule has 25 heavy (non-hydrogen) atoms. The second-order valence-corrected chi connectivity index (χ2v) is 7.23. The molecule has 7 heteroatoms. The number of benzene rings is 1. The fraction of sp³-hybridized carbons (Fsp3) is 0.611. The zero-order chi connectivity index (χ0) is 17.6. The highest BCUT2D eigenvalue weighted by atomic mass is 127. The molecular weight excluding hydrogens is 472 g/mol. The zero-order valence-electron chi connectivity index (χ0n) is 15.1. The van der Waals surface area contributed by atoms with Crippen molar-refractivity contribution in [2.75, 3.05) is 26.8 Å². The summed E-state index contributed by atoms with van der Waals surface area (Å²) in [7, 11) is 1.79. The van der Waals surface area contributed by atoms with E-state index in [9.17, 15) is 0 Å². The van der Waals surface area contributed by atoms with Crippen molar-refractivity contribution in [2.45, 2.75) is 39.2 Å². The molecule has 2 rings (SSSR count). The molecule has 0 saturated heterocycles. The number of nitrogens with zero attached hydrogens (tertiary/aromatic N) is 1.